The molecule has 31 valence electrons. The zero-order valence-electron chi connectivity index (χ0n) is 2.79. The molecule has 0 N–H and O–H groups in total. The highest BCUT2D eigenvalue weighted by Crippen LogP contribution is 1.58. The molecule has 1 aromatic rings. The molecule has 1 radical (unpaired) electrons. The van der Waals surface area contributed by atoms with Crippen molar-refractivity contribution in [1.29, 1.82) is 0 Å². The predicted molar refractivity (Wildman–Crippen MR) is 14.3 cm³/mol. The van der Waals surface area contributed by atoms with Gasteiger partial charge < -0.3 is 5.21 Å². The van der Waals surface area contributed by atoms with Crippen molar-refractivity contribution in [3.63, 3.8) is 0 Å². The summed E-state index contributed by atoms with van der Waals surface area (Å²) in [7, 11) is 0. The molecule has 0 aliphatic heterocycles. The maximum absolute atomic E-state index is 9.70. The van der Waals surface area contributed by atoms with Crippen molar-refractivity contribution in [3.8, 4) is 0 Å². The van der Waals surface area contributed by atoms with Gasteiger partial charge in [0, 0.05) is 5.16 Å². The van der Waals surface area contributed by atoms with Gasteiger partial charge in [-0.2, -0.15) is 0 Å². The molecule has 0 aliphatic rings. The third kappa shape index (κ3) is 0.314. The highest BCUT2D eigenvalue weighted by atomic mass is 16.8. The van der Waals surface area contributed by atoms with Crippen LogP contribution in [0.3, 0.4) is 0 Å². The van der Waals surface area contributed by atoms with Crippen LogP contribution in [0.15, 0.2) is 10.8 Å². The lowest BCUT2D eigenvalue weighted by Gasteiger charge is -1.72. The molecule has 0 saturated heterocycles. The smallest absolute Gasteiger partial charge is 0.273 e. The highest BCUT2D eigenvalue weighted by molar-refractivity contribution is 4.41. The Balaban J connectivity index is 3.05. The average molecular weight is 85.0 g/mol. The van der Waals surface area contributed by atoms with Crippen molar-refractivity contribution in [3.05, 3.63) is 17.6 Å². The highest BCUT2D eigenvalue weighted by Gasteiger charge is 1.81. The summed E-state index contributed by atoms with van der Waals surface area (Å²) < 4.78 is 3.89. The zero-order chi connectivity index (χ0) is 4.41. The summed E-state index contributed by atoms with van der Waals surface area (Å²) in [5.74, 6) is 0. The van der Waals surface area contributed by atoms with E-state index in [1.165, 1.54) is 0 Å². The van der Waals surface area contributed by atoms with E-state index in [9.17, 15) is 5.21 Å². The van der Waals surface area contributed by atoms with E-state index < -0.39 is 0 Å². The first-order chi connectivity index (χ1) is 2.89. The predicted octanol–water partition coefficient (Wildman–Crippen LogP) is -0.892. The lowest BCUT2D eigenvalue weighted by atomic mass is 11.0. The van der Waals surface area contributed by atoms with Gasteiger partial charge in [-0.05, 0) is 4.90 Å². The van der Waals surface area contributed by atoms with E-state index in [1.54, 1.807) is 0 Å². The molecule has 0 saturated carbocycles. The molecule has 1 heterocycles. The largest absolute Gasteiger partial charge is 0.359 e. The minimum absolute atomic E-state index is 0.139. The van der Waals surface area contributed by atoms with Gasteiger partial charge in [-0.3, -0.25) is 4.63 Å². The fraction of sp³-hybridized carbons (Fsp3) is 0. The van der Waals surface area contributed by atoms with Crippen molar-refractivity contribution < 1.29 is 9.53 Å². The van der Waals surface area contributed by atoms with Gasteiger partial charge in [-0.1, -0.05) is 0 Å². The Hall–Kier alpha value is -1.06. The first-order valence-corrected chi connectivity index (χ1v) is 1.32. The summed E-state index contributed by atoms with van der Waals surface area (Å²) in [5, 5.41) is 12.7. The molecule has 1 aromatic heterocycles. The van der Waals surface area contributed by atoms with Gasteiger partial charge in [-0.25, -0.2) is 0 Å². The monoisotopic (exact) mass is 85.0 g/mol. The third-order valence-corrected chi connectivity index (χ3v) is 0.337. The molecule has 0 atom stereocenters. The third-order valence-electron chi connectivity index (χ3n) is 0.337. The van der Waals surface area contributed by atoms with Crippen LogP contribution in [0, 0.1) is 11.4 Å². The van der Waals surface area contributed by atoms with E-state index in [-0.39, 0.29) is 4.90 Å². The SMILES string of the molecule is [O-][n+]1[c]cno1. The van der Waals surface area contributed by atoms with Gasteiger partial charge in [-0.15, -0.1) is 0 Å². The lowest BCUT2D eigenvalue weighted by Crippen LogP contribution is -2.20. The van der Waals surface area contributed by atoms with Gasteiger partial charge >= 0.3 is 0 Å². The number of nitrogens with zero attached hydrogens (tertiary/aromatic N) is 2. The standard InChI is InChI=1S/C2HN2O2/c5-4-2-1-3-6-4/h1H. The maximum Gasteiger partial charge on any atom is 0.273 e. The Morgan fingerprint density at radius 3 is 3.00 bits per heavy atom. The molecule has 0 unspecified atom stereocenters. The molecule has 4 heteroatoms. The Bertz CT molecular complexity index is 113. The van der Waals surface area contributed by atoms with Gasteiger partial charge in [0.1, 0.15) is 0 Å². The summed E-state index contributed by atoms with van der Waals surface area (Å²) in [5.41, 5.74) is 0. The van der Waals surface area contributed by atoms with Gasteiger partial charge in [0.05, 0.1) is 0 Å². The van der Waals surface area contributed by atoms with Crippen molar-refractivity contribution in [1.82, 2.24) is 5.16 Å². The molecule has 0 aromatic carbocycles. The number of hydrogen-bond acceptors (Lipinski definition) is 3. The second kappa shape index (κ2) is 0.965. The van der Waals surface area contributed by atoms with Crippen molar-refractivity contribution >= 4 is 0 Å². The fourth-order valence-electron chi connectivity index (χ4n) is 0.161. The molecule has 1 rings (SSSR count). The average Bonchev–Trinajstić information content (AvgIpc) is 1.86. The Morgan fingerprint density at radius 1 is 2.00 bits per heavy atom. The first-order valence-electron chi connectivity index (χ1n) is 1.32. The van der Waals surface area contributed by atoms with Crippen LogP contribution >= 0.6 is 0 Å². The fourth-order valence-corrected chi connectivity index (χ4v) is 0.161. The van der Waals surface area contributed by atoms with Crippen molar-refractivity contribution in [2.24, 2.45) is 0 Å². The van der Waals surface area contributed by atoms with E-state index in [0.717, 1.165) is 6.20 Å². The van der Waals surface area contributed by atoms with Crippen LogP contribution in [-0.4, -0.2) is 5.16 Å². The molecule has 6 heavy (non-hydrogen) atoms. The maximum atomic E-state index is 9.70. The second-order valence-electron chi connectivity index (χ2n) is 0.702. The quantitative estimate of drug-likeness (QED) is 0.384. The molecular formula is C2HN2O2. The summed E-state index contributed by atoms with van der Waals surface area (Å²) in [6.07, 6.45) is 3.23. The van der Waals surface area contributed by atoms with Crippen molar-refractivity contribution in [2.75, 3.05) is 0 Å². The van der Waals surface area contributed by atoms with Crippen LogP contribution in [-0.2, 0) is 0 Å². The van der Waals surface area contributed by atoms with Crippen LogP contribution in [0.4, 0.5) is 0 Å². The summed E-state index contributed by atoms with van der Waals surface area (Å²) >= 11 is 0. The zero-order valence-corrected chi connectivity index (χ0v) is 2.79. The van der Waals surface area contributed by atoms with Gasteiger partial charge in [0.2, 0.25) is 6.20 Å². The molecule has 0 bridgehead atoms. The first kappa shape index (κ1) is 3.14. The molecule has 4 nitrogen and oxygen atoms in total. The Kier molecular flexibility index (Phi) is 0.506. The summed E-state index contributed by atoms with van der Waals surface area (Å²) in [6.45, 7) is 0. The molecule has 0 amide bonds. The summed E-state index contributed by atoms with van der Waals surface area (Å²) in [4.78, 5) is 0.139. The van der Waals surface area contributed by atoms with E-state index in [4.69, 9.17) is 0 Å². The topological polar surface area (TPSA) is 53.0 Å². The van der Waals surface area contributed by atoms with E-state index in [2.05, 4.69) is 16.0 Å². The van der Waals surface area contributed by atoms with Crippen LogP contribution in [0.5, 0.6) is 0 Å². The Morgan fingerprint density at radius 2 is 2.83 bits per heavy atom. The van der Waals surface area contributed by atoms with Crippen molar-refractivity contribution in [2.45, 2.75) is 0 Å². The van der Waals surface area contributed by atoms with E-state index in [0.29, 0.717) is 0 Å². The molecule has 0 aliphatic carbocycles. The number of rotatable bonds is 0. The van der Waals surface area contributed by atoms with Crippen LogP contribution in [0.2, 0.25) is 0 Å². The minimum Gasteiger partial charge on any atom is -0.359 e. The normalized spacial score (nSPS) is 8.67. The number of aromatic nitrogens is 2. The van der Waals surface area contributed by atoms with Crippen LogP contribution in [0.25, 0.3) is 0 Å². The lowest BCUT2D eigenvalue weighted by molar-refractivity contribution is -0.805. The Labute approximate surface area is 33.5 Å². The molecule has 0 fully saturated rings. The van der Waals surface area contributed by atoms with Crippen LogP contribution in [0.1, 0.15) is 0 Å². The van der Waals surface area contributed by atoms with Crippen LogP contribution < -0.4 is 4.90 Å². The van der Waals surface area contributed by atoms with E-state index in [1.807, 2.05) is 0 Å². The van der Waals surface area contributed by atoms with Gasteiger partial charge in [0.25, 0.3) is 6.20 Å². The van der Waals surface area contributed by atoms with E-state index >= 15 is 0 Å². The summed E-state index contributed by atoms with van der Waals surface area (Å²) in [6, 6.07) is 0. The number of hydrogen-bond donors (Lipinski definition) is 0. The van der Waals surface area contributed by atoms with Gasteiger partial charge in [0.15, 0.2) is 0 Å². The molecule has 0 spiro atoms. The second-order valence-corrected chi connectivity index (χ2v) is 0.702. The minimum atomic E-state index is 0.139. The molecular weight excluding hydrogens is 84.0 g/mol.